The predicted molar refractivity (Wildman–Crippen MR) is 63.0 cm³/mol. The molecule has 1 heterocycles. The summed E-state index contributed by atoms with van der Waals surface area (Å²) in [5.41, 5.74) is 7.28. The number of fused-ring (bicyclic) bond motifs is 1. The first-order valence-electron chi connectivity index (χ1n) is 4.97. The van der Waals surface area contributed by atoms with Gasteiger partial charge in [-0.3, -0.25) is 0 Å². The zero-order valence-corrected chi connectivity index (χ0v) is 9.20. The molecule has 3 nitrogen and oxygen atoms in total. The van der Waals surface area contributed by atoms with Crippen LogP contribution in [-0.4, -0.2) is 0 Å². The smallest absolute Gasteiger partial charge is 0.336 e. The van der Waals surface area contributed by atoms with Gasteiger partial charge in [0.1, 0.15) is 5.58 Å². The van der Waals surface area contributed by atoms with Crippen LogP contribution in [0.3, 0.4) is 0 Å². The van der Waals surface area contributed by atoms with Gasteiger partial charge in [0, 0.05) is 23.2 Å². The third kappa shape index (κ3) is 2.37. The van der Waals surface area contributed by atoms with E-state index in [9.17, 15) is 4.79 Å². The largest absolute Gasteiger partial charge is 0.423 e. The second kappa shape index (κ2) is 4.64. The van der Waals surface area contributed by atoms with E-state index in [1.54, 1.807) is 12.1 Å². The molecule has 0 radical (unpaired) electrons. The molecule has 0 atom stereocenters. The summed E-state index contributed by atoms with van der Waals surface area (Å²) in [7, 11) is 0. The number of rotatable bonds is 0. The van der Waals surface area contributed by atoms with Crippen molar-refractivity contribution in [3.05, 3.63) is 40.2 Å². The van der Waals surface area contributed by atoms with E-state index < -0.39 is 0 Å². The van der Waals surface area contributed by atoms with Crippen molar-refractivity contribution in [3.63, 3.8) is 0 Å². The van der Waals surface area contributed by atoms with Gasteiger partial charge in [0.15, 0.2) is 0 Å². The van der Waals surface area contributed by atoms with Gasteiger partial charge in [-0.25, -0.2) is 4.79 Å². The maximum absolute atomic E-state index is 11.0. The van der Waals surface area contributed by atoms with Gasteiger partial charge in [-0.05, 0) is 24.6 Å². The summed E-state index contributed by atoms with van der Waals surface area (Å²) in [6.45, 7) is 5.87. The van der Waals surface area contributed by atoms with E-state index in [2.05, 4.69) is 0 Å². The number of nitrogen functional groups attached to an aromatic ring is 1. The van der Waals surface area contributed by atoms with Gasteiger partial charge in [-0.1, -0.05) is 13.8 Å². The molecule has 0 spiro atoms. The van der Waals surface area contributed by atoms with E-state index in [1.165, 1.54) is 6.07 Å². The van der Waals surface area contributed by atoms with Gasteiger partial charge in [0.25, 0.3) is 0 Å². The average molecular weight is 205 g/mol. The maximum Gasteiger partial charge on any atom is 0.336 e. The number of aryl methyl sites for hydroxylation is 1. The quantitative estimate of drug-likeness (QED) is 0.531. The third-order valence-electron chi connectivity index (χ3n) is 1.98. The Morgan fingerprint density at radius 3 is 2.53 bits per heavy atom. The Hall–Kier alpha value is -1.77. The van der Waals surface area contributed by atoms with Crippen molar-refractivity contribution in [2.75, 3.05) is 5.73 Å². The molecule has 2 aromatic rings. The second-order valence-corrected chi connectivity index (χ2v) is 3.00. The van der Waals surface area contributed by atoms with E-state index in [0.717, 1.165) is 10.9 Å². The fourth-order valence-electron chi connectivity index (χ4n) is 1.34. The summed E-state index contributed by atoms with van der Waals surface area (Å²) in [5, 5.41) is 0.925. The second-order valence-electron chi connectivity index (χ2n) is 3.00. The van der Waals surface area contributed by atoms with Gasteiger partial charge < -0.3 is 10.2 Å². The lowest BCUT2D eigenvalue weighted by Gasteiger charge is -2.00. The number of anilines is 1. The van der Waals surface area contributed by atoms with E-state index >= 15 is 0 Å². The molecule has 0 fully saturated rings. The summed E-state index contributed by atoms with van der Waals surface area (Å²) >= 11 is 0. The van der Waals surface area contributed by atoms with Gasteiger partial charge >= 0.3 is 5.63 Å². The lowest BCUT2D eigenvalue weighted by molar-refractivity contribution is 0.560. The Labute approximate surface area is 88.5 Å². The Kier molecular flexibility index (Phi) is 3.50. The third-order valence-corrected chi connectivity index (χ3v) is 1.98. The first kappa shape index (κ1) is 11.3. The topological polar surface area (TPSA) is 56.2 Å². The van der Waals surface area contributed by atoms with Gasteiger partial charge in [0.2, 0.25) is 0 Å². The first-order valence-corrected chi connectivity index (χ1v) is 4.97. The van der Waals surface area contributed by atoms with Crippen molar-refractivity contribution in [2.45, 2.75) is 20.8 Å². The van der Waals surface area contributed by atoms with Crippen molar-refractivity contribution >= 4 is 16.7 Å². The molecule has 0 aliphatic heterocycles. The number of hydrogen-bond donors (Lipinski definition) is 1. The highest BCUT2D eigenvalue weighted by Gasteiger charge is 2.00. The van der Waals surface area contributed by atoms with Crippen LogP contribution < -0.4 is 11.4 Å². The molecule has 80 valence electrons. The first-order chi connectivity index (χ1) is 7.16. The summed E-state index contributed by atoms with van der Waals surface area (Å²) in [6.07, 6.45) is 0. The van der Waals surface area contributed by atoms with Crippen molar-refractivity contribution in [1.82, 2.24) is 0 Å². The number of hydrogen-bond acceptors (Lipinski definition) is 3. The SMILES string of the molecule is CC.Cc1cc(=O)oc2cc(N)ccc12. The highest BCUT2D eigenvalue weighted by Crippen LogP contribution is 2.18. The van der Waals surface area contributed by atoms with E-state index in [-0.39, 0.29) is 5.63 Å². The lowest BCUT2D eigenvalue weighted by Crippen LogP contribution is -1.98. The summed E-state index contributed by atoms with van der Waals surface area (Å²) in [6, 6.07) is 6.76. The van der Waals surface area contributed by atoms with Crippen LogP contribution in [0.4, 0.5) is 5.69 Å². The van der Waals surface area contributed by atoms with Crippen LogP contribution in [0.25, 0.3) is 11.0 Å². The molecule has 0 bridgehead atoms. The molecule has 3 heteroatoms. The molecule has 0 aliphatic rings. The fraction of sp³-hybridized carbons (Fsp3) is 0.250. The molecule has 2 N–H and O–H groups in total. The molecule has 15 heavy (non-hydrogen) atoms. The van der Waals surface area contributed by atoms with Gasteiger partial charge in [-0.15, -0.1) is 0 Å². The van der Waals surface area contributed by atoms with Crippen LogP contribution in [0.2, 0.25) is 0 Å². The number of benzene rings is 1. The standard InChI is InChI=1S/C10H9NO2.C2H6/c1-6-4-10(12)13-9-5-7(11)2-3-8(6)9;1-2/h2-5H,11H2,1H3;1-2H3. The molecular formula is C12H15NO2. The zero-order valence-electron chi connectivity index (χ0n) is 9.20. The van der Waals surface area contributed by atoms with E-state index in [1.807, 2.05) is 26.8 Å². The zero-order chi connectivity index (χ0) is 11.4. The Balaban J connectivity index is 0.000000531. The minimum absolute atomic E-state index is 0.337. The molecule has 0 saturated heterocycles. The van der Waals surface area contributed by atoms with Crippen molar-refractivity contribution in [1.29, 1.82) is 0 Å². The van der Waals surface area contributed by atoms with Crippen LogP contribution in [0.1, 0.15) is 19.4 Å². The van der Waals surface area contributed by atoms with Crippen molar-refractivity contribution in [3.8, 4) is 0 Å². The van der Waals surface area contributed by atoms with Crippen LogP contribution in [0.5, 0.6) is 0 Å². The van der Waals surface area contributed by atoms with Crippen LogP contribution in [-0.2, 0) is 0 Å². The average Bonchev–Trinajstić information content (AvgIpc) is 2.19. The van der Waals surface area contributed by atoms with Gasteiger partial charge in [-0.2, -0.15) is 0 Å². The summed E-state index contributed by atoms with van der Waals surface area (Å²) in [5.74, 6) is 0. The van der Waals surface area contributed by atoms with Crippen LogP contribution >= 0.6 is 0 Å². The fourth-order valence-corrected chi connectivity index (χ4v) is 1.34. The highest BCUT2D eigenvalue weighted by molar-refractivity contribution is 5.82. The maximum atomic E-state index is 11.0. The van der Waals surface area contributed by atoms with Crippen molar-refractivity contribution < 1.29 is 4.42 Å². The van der Waals surface area contributed by atoms with E-state index in [0.29, 0.717) is 11.3 Å². The minimum atomic E-state index is -0.337. The van der Waals surface area contributed by atoms with E-state index in [4.69, 9.17) is 10.2 Å². The summed E-state index contributed by atoms with van der Waals surface area (Å²) < 4.78 is 4.99. The van der Waals surface area contributed by atoms with Crippen LogP contribution in [0.15, 0.2) is 33.5 Å². The molecule has 0 aliphatic carbocycles. The Morgan fingerprint density at radius 1 is 1.20 bits per heavy atom. The minimum Gasteiger partial charge on any atom is -0.423 e. The molecule has 0 amide bonds. The normalized spacial score (nSPS) is 9.53. The molecule has 0 saturated carbocycles. The number of nitrogens with two attached hydrogens (primary N) is 1. The Bertz CT molecular complexity index is 515. The molecule has 2 rings (SSSR count). The molecular weight excluding hydrogens is 190 g/mol. The molecule has 1 aromatic carbocycles. The van der Waals surface area contributed by atoms with Crippen LogP contribution in [0, 0.1) is 6.92 Å². The Morgan fingerprint density at radius 2 is 1.87 bits per heavy atom. The van der Waals surface area contributed by atoms with Crippen molar-refractivity contribution in [2.24, 2.45) is 0 Å². The molecule has 1 aromatic heterocycles. The monoisotopic (exact) mass is 205 g/mol. The van der Waals surface area contributed by atoms with Gasteiger partial charge in [0.05, 0.1) is 0 Å². The highest BCUT2D eigenvalue weighted by atomic mass is 16.4. The molecule has 0 unspecified atom stereocenters. The lowest BCUT2D eigenvalue weighted by atomic mass is 10.1. The summed E-state index contributed by atoms with van der Waals surface area (Å²) in [4.78, 5) is 11.0. The predicted octanol–water partition coefficient (Wildman–Crippen LogP) is 2.71.